The molecule has 3 heterocycles. The second kappa shape index (κ2) is 6.91. The molecule has 0 spiro atoms. The molecule has 1 saturated carbocycles. The van der Waals surface area contributed by atoms with Crippen LogP contribution in [0.1, 0.15) is 73.6 Å². The van der Waals surface area contributed by atoms with E-state index in [9.17, 15) is 14.7 Å². The summed E-state index contributed by atoms with van der Waals surface area (Å²) >= 11 is 1.61. The Bertz CT molecular complexity index is 1120. The molecule has 29 heavy (non-hydrogen) atoms. The molecule has 0 aliphatic heterocycles. The Hall–Kier alpha value is -2.81. The van der Waals surface area contributed by atoms with Crippen molar-refractivity contribution in [2.24, 2.45) is 7.05 Å². The van der Waals surface area contributed by atoms with Gasteiger partial charge in [0.25, 0.3) is 5.89 Å². The maximum Gasteiger partial charge on any atom is 0.354 e. The molecule has 3 aromatic heterocycles. The van der Waals surface area contributed by atoms with Crippen molar-refractivity contribution in [2.45, 2.75) is 50.9 Å². The van der Waals surface area contributed by atoms with Gasteiger partial charge < -0.3 is 9.63 Å². The Morgan fingerprint density at radius 1 is 1.31 bits per heavy atom. The number of aromatic carboxylic acids is 1. The van der Waals surface area contributed by atoms with Crippen LogP contribution < -0.4 is 0 Å². The molecule has 5 rings (SSSR count). The molecule has 0 unspecified atom stereocenters. The smallest absolute Gasteiger partial charge is 0.354 e. The molecule has 0 radical (unpaired) electrons. The summed E-state index contributed by atoms with van der Waals surface area (Å²) in [6, 6.07) is 0. The minimum atomic E-state index is -1.16. The number of aryl methyl sites for hydroxylation is 2. The number of nitrogens with zero attached hydrogens (tertiary/aromatic N) is 4. The minimum Gasteiger partial charge on any atom is -0.477 e. The summed E-state index contributed by atoms with van der Waals surface area (Å²) in [5.41, 5.74) is 2.13. The Kier molecular flexibility index (Phi) is 4.34. The van der Waals surface area contributed by atoms with Crippen molar-refractivity contribution in [3.05, 3.63) is 38.6 Å². The Morgan fingerprint density at radius 2 is 2.10 bits per heavy atom. The van der Waals surface area contributed by atoms with Crippen LogP contribution in [0.25, 0.3) is 11.5 Å². The predicted octanol–water partition coefficient (Wildman–Crippen LogP) is 3.41. The number of Topliss-reactive ketones (excluding diaryl/α,β-unsaturated/α-hetero) is 1. The van der Waals surface area contributed by atoms with E-state index >= 15 is 0 Å². The molecule has 3 aromatic rings. The van der Waals surface area contributed by atoms with Crippen molar-refractivity contribution in [1.29, 1.82) is 0 Å². The number of carbonyl (C=O) groups excluding carboxylic acids is 1. The topological polar surface area (TPSA) is 111 Å². The van der Waals surface area contributed by atoms with Gasteiger partial charge in [0.15, 0.2) is 17.3 Å². The fourth-order valence-electron chi connectivity index (χ4n) is 3.98. The van der Waals surface area contributed by atoms with Crippen LogP contribution >= 0.6 is 11.3 Å². The van der Waals surface area contributed by atoms with E-state index in [1.807, 2.05) is 0 Å². The van der Waals surface area contributed by atoms with Crippen LogP contribution in [0.2, 0.25) is 0 Å². The summed E-state index contributed by atoms with van der Waals surface area (Å²) in [5, 5.41) is 17.5. The highest BCUT2D eigenvalue weighted by Gasteiger charge is 2.32. The number of ketones is 1. The standard InChI is InChI=1S/C20H20N4O4S/c1-24-17(20(26)27)12(9-21-24)13(25)8-15-16(11-4-2-3-5-14(11)29-15)19-22-18(23-28-19)10-6-7-10/h9-10H,2-8H2,1H3,(H,26,27). The van der Waals surface area contributed by atoms with Gasteiger partial charge in [-0.15, -0.1) is 11.3 Å². The van der Waals surface area contributed by atoms with Crippen LogP contribution in [0.4, 0.5) is 0 Å². The molecule has 0 saturated heterocycles. The van der Waals surface area contributed by atoms with Gasteiger partial charge in [0.1, 0.15) is 0 Å². The third kappa shape index (κ3) is 3.19. The molecular formula is C20H20N4O4S. The lowest BCUT2D eigenvalue weighted by atomic mass is 9.93. The summed E-state index contributed by atoms with van der Waals surface area (Å²) < 4.78 is 6.81. The first-order valence-corrected chi connectivity index (χ1v) is 10.6. The lowest BCUT2D eigenvalue weighted by Crippen LogP contribution is -2.12. The van der Waals surface area contributed by atoms with Gasteiger partial charge in [-0.3, -0.25) is 9.48 Å². The average Bonchev–Trinajstić information content (AvgIpc) is 3.13. The maximum absolute atomic E-state index is 13.0. The van der Waals surface area contributed by atoms with Crippen LogP contribution in [0.15, 0.2) is 10.7 Å². The lowest BCUT2D eigenvalue weighted by Gasteiger charge is -2.11. The highest BCUT2D eigenvalue weighted by Crippen LogP contribution is 2.43. The zero-order chi connectivity index (χ0) is 20.1. The number of hydrogen-bond donors (Lipinski definition) is 1. The molecule has 2 aliphatic rings. The molecule has 1 fully saturated rings. The van der Waals surface area contributed by atoms with E-state index in [1.54, 1.807) is 11.3 Å². The lowest BCUT2D eigenvalue weighted by molar-refractivity contribution is 0.0680. The zero-order valence-electron chi connectivity index (χ0n) is 16.0. The van der Waals surface area contributed by atoms with Gasteiger partial charge in [0.05, 0.1) is 17.3 Å². The third-order valence-corrected chi connectivity index (χ3v) is 6.90. The fourth-order valence-corrected chi connectivity index (χ4v) is 5.36. The Labute approximate surface area is 170 Å². The van der Waals surface area contributed by atoms with Gasteiger partial charge in [-0.1, -0.05) is 5.16 Å². The number of carboxylic acids is 1. The van der Waals surface area contributed by atoms with Gasteiger partial charge in [-0.05, 0) is 44.1 Å². The first-order valence-electron chi connectivity index (χ1n) is 9.78. The van der Waals surface area contributed by atoms with Crippen molar-refractivity contribution in [3.63, 3.8) is 0 Å². The maximum atomic E-state index is 13.0. The molecule has 150 valence electrons. The van der Waals surface area contributed by atoms with Crippen LogP contribution in [0.3, 0.4) is 0 Å². The number of hydrogen-bond acceptors (Lipinski definition) is 7. The summed E-state index contributed by atoms with van der Waals surface area (Å²) in [6.45, 7) is 0. The molecule has 9 heteroatoms. The highest BCUT2D eigenvalue weighted by atomic mass is 32.1. The van der Waals surface area contributed by atoms with Crippen molar-refractivity contribution < 1.29 is 19.2 Å². The normalized spacial score (nSPS) is 16.0. The van der Waals surface area contributed by atoms with E-state index < -0.39 is 5.97 Å². The molecule has 0 aromatic carbocycles. The summed E-state index contributed by atoms with van der Waals surface area (Å²) in [5.74, 6) is 0.190. The summed E-state index contributed by atoms with van der Waals surface area (Å²) in [6.07, 6.45) is 7.75. The zero-order valence-corrected chi connectivity index (χ0v) is 16.8. The molecule has 0 atom stereocenters. The van der Waals surface area contributed by atoms with Gasteiger partial charge in [0.2, 0.25) is 0 Å². The van der Waals surface area contributed by atoms with Crippen LogP contribution in [0, 0.1) is 0 Å². The third-order valence-electron chi connectivity index (χ3n) is 5.61. The summed E-state index contributed by atoms with van der Waals surface area (Å²) in [4.78, 5) is 31.3. The Morgan fingerprint density at radius 3 is 2.86 bits per heavy atom. The molecule has 0 amide bonds. The minimum absolute atomic E-state index is 0.0910. The van der Waals surface area contributed by atoms with E-state index in [0.29, 0.717) is 11.8 Å². The first-order chi connectivity index (χ1) is 14.0. The largest absolute Gasteiger partial charge is 0.477 e. The van der Waals surface area contributed by atoms with Gasteiger partial charge in [-0.25, -0.2) is 4.79 Å². The number of aromatic nitrogens is 4. The van der Waals surface area contributed by atoms with E-state index in [4.69, 9.17) is 4.52 Å². The second-order valence-corrected chi connectivity index (χ2v) is 8.87. The van der Waals surface area contributed by atoms with Gasteiger partial charge >= 0.3 is 5.97 Å². The van der Waals surface area contributed by atoms with E-state index in [0.717, 1.165) is 54.8 Å². The van der Waals surface area contributed by atoms with Crippen molar-refractivity contribution in [2.75, 3.05) is 0 Å². The Balaban J connectivity index is 1.53. The molecule has 2 aliphatic carbocycles. The number of rotatable bonds is 6. The van der Waals surface area contributed by atoms with Crippen molar-refractivity contribution >= 4 is 23.1 Å². The quantitative estimate of drug-likeness (QED) is 0.618. The van der Waals surface area contributed by atoms with Crippen molar-refractivity contribution in [3.8, 4) is 11.5 Å². The fraction of sp³-hybridized carbons (Fsp3) is 0.450. The average molecular weight is 412 g/mol. The predicted molar refractivity (Wildman–Crippen MR) is 104 cm³/mol. The SMILES string of the molecule is Cn1ncc(C(=O)Cc2sc3c(c2-c2nc(C4CC4)no2)CCCC3)c1C(=O)O. The number of carboxylic acid groups (broad SMARTS) is 1. The van der Waals surface area contributed by atoms with Crippen LogP contribution in [-0.4, -0.2) is 36.8 Å². The first kappa shape index (κ1) is 18.2. The van der Waals surface area contributed by atoms with E-state index in [1.165, 1.54) is 28.4 Å². The number of fused-ring (bicyclic) bond motifs is 1. The van der Waals surface area contributed by atoms with Gasteiger partial charge in [0, 0.05) is 29.1 Å². The van der Waals surface area contributed by atoms with Gasteiger partial charge in [-0.2, -0.15) is 10.1 Å². The molecular weight excluding hydrogens is 392 g/mol. The van der Waals surface area contributed by atoms with Crippen molar-refractivity contribution in [1.82, 2.24) is 19.9 Å². The molecule has 0 bridgehead atoms. The monoisotopic (exact) mass is 412 g/mol. The van der Waals surface area contributed by atoms with Crippen LogP contribution in [-0.2, 0) is 26.3 Å². The van der Waals surface area contributed by atoms with Crippen LogP contribution in [0.5, 0.6) is 0 Å². The number of carbonyl (C=O) groups is 2. The second-order valence-electron chi connectivity index (χ2n) is 7.68. The van der Waals surface area contributed by atoms with E-state index in [2.05, 4.69) is 15.2 Å². The summed E-state index contributed by atoms with van der Waals surface area (Å²) in [7, 11) is 1.52. The molecule has 1 N–H and O–H groups in total. The highest BCUT2D eigenvalue weighted by molar-refractivity contribution is 7.12. The van der Waals surface area contributed by atoms with E-state index in [-0.39, 0.29) is 23.5 Å². The number of thiophene rings is 1. The molecule has 8 nitrogen and oxygen atoms in total.